The lowest BCUT2D eigenvalue weighted by atomic mass is 9.97. The zero-order valence-corrected chi connectivity index (χ0v) is 19.2. The number of amides is 2. The van der Waals surface area contributed by atoms with Crippen LogP contribution in [0.5, 0.6) is 0 Å². The van der Waals surface area contributed by atoms with Gasteiger partial charge in [0.15, 0.2) is 0 Å². The van der Waals surface area contributed by atoms with Crippen LogP contribution >= 0.6 is 22.7 Å². The summed E-state index contributed by atoms with van der Waals surface area (Å²) in [6.07, 6.45) is 2.38. The van der Waals surface area contributed by atoms with Crippen molar-refractivity contribution in [3.05, 3.63) is 74.6 Å². The molecule has 0 radical (unpaired) electrons. The van der Waals surface area contributed by atoms with Gasteiger partial charge in [-0.2, -0.15) is 0 Å². The second kappa shape index (κ2) is 10.2. The highest BCUT2D eigenvalue weighted by Gasteiger charge is 2.26. The monoisotopic (exact) mass is 453 g/mol. The van der Waals surface area contributed by atoms with E-state index in [9.17, 15) is 9.59 Å². The maximum atomic E-state index is 13.1. The first-order valence-corrected chi connectivity index (χ1v) is 12.4. The maximum Gasteiger partial charge on any atom is 0.265 e. The fourth-order valence-corrected chi connectivity index (χ4v) is 5.38. The van der Waals surface area contributed by atoms with Crippen molar-refractivity contribution in [2.45, 2.75) is 25.8 Å². The Morgan fingerprint density at radius 1 is 1.00 bits per heavy atom. The maximum absolute atomic E-state index is 13.1. The molecule has 0 bridgehead atoms. The topological polar surface area (TPSA) is 61.4 Å². The number of nitrogens with zero attached hydrogens (tertiary/aromatic N) is 1. The standard InChI is InChI=1S/C24H27N3O2S2/c1-17-10-12-27(13-11-17)20(21-8-4-14-30-21)16-25-23(28)18-6-2-3-7-19(18)26-24(29)22-9-5-15-31-22/h2-9,14-15,17,20H,10-13,16H2,1H3,(H,25,28)(H,26,29)/t20-/m0/s1. The molecule has 2 aromatic heterocycles. The molecule has 1 atom stereocenters. The molecule has 3 aromatic rings. The van der Waals surface area contributed by atoms with Gasteiger partial charge in [0, 0.05) is 11.4 Å². The molecule has 1 aliphatic rings. The summed E-state index contributed by atoms with van der Waals surface area (Å²) in [7, 11) is 0. The van der Waals surface area contributed by atoms with Gasteiger partial charge in [0.1, 0.15) is 0 Å². The summed E-state index contributed by atoms with van der Waals surface area (Å²) < 4.78 is 0. The summed E-state index contributed by atoms with van der Waals surface area (Å²) in [4.78, 5) is 29.9. The molecular formula is C24H27N3O2S2. The van der Waals surface area contributed by atoms with Gasteiger partial charge in [0.25, 0.3) is 11.8 Å². The van der Waals surface area contributed by atoms with Crippen molar-refractivity contribution in [2.24, 2.45) is 5.92 Å². The van der Waals surface area contributed by atoms with E-state index in [4.69, 9.17) is 0 Å². The van der Waals surface area contributed by atoms with Gasteiger partial charge < -0.3 is 10.6 Å². The van der Waals surface area contributed by atoms with Crippen LogP contribution in [-0.2, 0) is 0 Å². The van der Waals surface area contributed by atoms with Crippen LogP contribution in [0.2, 0.25) is 0 Å². The Kier molecular flexibility index (Phi) is 7.17. The minimum absolute atomic E-state index is 0.171. The van der Waals surface area contributed by atoms with Gasteiger partial charge in [0.05, 0.1) is 22.2 Å². The van der Waals surface area contributed by atoms with Gasteiger partial charge in [-0.05, 0) is 66.9 Å². The molecule has 31 heavy (non-hydrogen) atoms. The number of carbonyl (C=O) groups is 2. The van der Waals surface area contributed by atoms with E-state index < -0.39 is 0 Å². The molecule has 2 N–H and O–H groups in total. The number of carbonyl (C=O) groups excluding carboxylic acids is 2. The van der Waals surface area contributed by atoms with Gasteiger partial charge >= 0.3 is 0 Å². The van der Waals surface area contributed by atoms with Crippen LogP contribution in [0.1, 0.15) is 50.7 Å². The van der Waals surface area contributed by atoms with E-state index in [0.717, 1.165) is 19.0 Å². The molecule has 4 rings (SSSR count). The predicted octanol–water partition coefficient (Wildman–Crippen LogP) is 5.26. The third-order valence-electron chi connectivity index (χ3n) is 5.75. The number of benzene rings is 1. The number of thiophene rings is 2. The smallest absolute Gasteiger partial charge is 0.265 e. The molecule has 0 aliphatic carbocycles. The van der Waals surface area contributed by atoms with Crippen LogP contribution in [0.15, 0.2) is 59.3 Å². The molecule has 3 heterocycles. The van der Waals surface area contributed by atoms with E-state index in [-0.39, 0.29) is 17.9 Å². The minimum atomic E-state index is -0.200. The summed E-state index contributed by atoms with van der Waals surface area (Å²) in [5.41, 5.74) is 1.00. The number of piperidine rings is 1. The molecule has 2 amide bonds. The molecule has 0 unspecified atom stereocenters. The first-order valence-electron chi connectivity index (χ1n) is 10.6. The number of hydrogen-bond donors (Lipinski definition) is 2. The van der Waals surface area contributed by atoms with Crippen molar-refractivity contribution in [3.63, 3.8) is 0 Å². The number of hydrogen-bond acceptors (Lipinski definition) is 5. The summed E-state index contributed by atoms with van der Waals surface area (Å²) in [6.45, 7) is 4.95. The minimum Gasteiger partial charge on any atom is -0.350 e. The molecule has 1 aliphatic heterocycles. The molecule has 5 nitrogen and oxygen atoms in total. The normalized spacial score (nSPS) is 16.0. The number of rotatable bonds is 7. The fraction of sp³-hybridized carbons (Fsp3) is 0.333. The van der Waals surface area contributed by atoms with Crippen LogP contribution in [-0.4, -0.2) is 36.3 Å². The van der Waals surface area contributed by atoms with E-state index in [1.807, 2.05) is 23.6 Å². The Balaban J connectivity index is 1.45. The highest BCUT2D eigenvalue weighted by molar-refractivity contribution is 7.12. The average molecular weight is 454 g/mol. The molecule has 0 saturated carbocycles. The van der Waals surface area contributed by atoms with E-state index in [1.54, 1.807) is 29.5 Å². The lowest BCUT2D eigenvalue weighted by Gasteiger charge is -2.36. The van der Waals surface area contributed by atoms with Crippen molar-refractivity contribution >= 4 is 40.2 Å². The Morgan fingerprint density at radius 2 is 1.74 bits per heavy atom. The Bertz CT molecular complexity index is 994. The average Bonchev–Trinajstić information content (AvgIpc) is 3.50. The van der Waals surface area contributed by atoms with E-state index in [0.29, 0.717) is 22.7 Å². The predicted molar refractivity (Wildman–Crippen MR) is 128 cm³/mol. The van der Waals surface area contributed by atoms with Crippen molar-refractivity contribution in [1.82, 2.24) is 10.2 Å². The Hall–Kier alpha value is -2.48. The fourth-order valence-electron chi connectivity index (χ4n) is 3.90. The lowest BCUT2D eigenvalue weighted by molar-refractivity contribution is 0.0915. The molecule has 7 heteroatoms. The SMILES string of the molecule is CC1CCN([C@@H](CNC(=O)c2ccccc2NC(=O)c2cccs2)c2cccs2)CC1. The van der Waals surface area contributed by atoms with Crippen LogP contribution in [0, 0.1) is 5.92 Å². The van der Waals surface area contributed by atoms with Gasteiger partial charge in [-0.25, -0.2) is 0 Å². The summed E-state index contributed by atoms with van der Waals surface area (Å²) in [5, 5.41) is 9.95. The third-order valence-corrected chi connectivity index (χ3v) is 7.59. The van der Waals surface area contributed by atoms with Gasteiger partial charge in [0.2, 0.25) is 0 Å². The van der Waals surface area contributed by atoms with Crippen molar-refractivity contribution in [2.75, 3.05) is 25.0 Å². The molecular weight excluding hydrogens is 426 g/mol. The van der Waals surface area contributed by atoms with Crippen molar-refractivity contribution in [3.8, 4) is 0 Å². The highest BCUT2D eigenvalue weighted by atomic mass is 32.1. The van der Waals surface area contributed by atoms with Crippen LogP contribution < -0.4 is 10.6 Å². The first-order chi connectivity index (χ1) is 15.1. The molecule has 1 saturated heterocycles. The summed E-state index contributed by atoms with van der Waals surface area (Å²) >= 11 is 3.11. The Labute approximate surface area is 191 Å². The van der Waals surface area contributed by atoms with Gasteiger partial charge in [-0.15, -0.1) is 22.7 Å². The number of anilines is 1. The molecule has 162 valence electrons. The molecule has 1 fully saturated rings. The van der Waals surface area contributed by atoms with E-state index >= 15 is 0 Å². The van der Waals surface area contributed by atoms with Crippen LogP contribution in [0.3, 0.4) is 0 Å². The molecule has 1 aromatic carbocycles. The lowest BCUT2D eigenvalue weighted by Crippen LogP contribution is -2.41. The Morgan fingerprint density at radius 3 is 2.45 bits per heavy atom. The third kappa shape index (κ3) is 5.42. The number of para-hydroxylation sites is 1. The van der Waals surface area contributed by atoms with Gasteiger partial charge in [-0.3, -0.25) is 14.5 Å². The second-order valence-electron chi connectivity index (χ2n) is 7.94. The molecule has 0 spiro atoms. The van der Waals surface area contributed by atoms with Crippen molar-refractivity contribution < 1.29 is 9.59 Å². The van der Waals surface area contributed by atoms with E-state index in [2.05, 4.69) is 40.0 Å². The highest BCUT2D eigenvalue weighted by Crippen LogP contribution is 2.29. The quantitative estimate of drug-likeness (QED) is 0.513. The number of likely N-dealkylation sites (tertiary alicyclic amines) is 1. The van der Waals surface area contributed by atoms with Gasteiger partial charge in [-0.1, -0.05) is 31.2 Å². The zero-order valence-electron chi connectivity index (χ0n) is 17.5. The number of nitrogens with one attached hydrogen (secondary N) is 2. The summed E-state index contributed by atoms with van der Waals surface area (Å²) in [6, 6.07) is 15.2. The van der Waals surface area contributed by atoms with Crippen molar-refractivity contribution in [1.29, 1.82) is 0 Å². The zero-order chi connectivity index (χ0) is 21.6. The van der Waals surface area contributed by atoms with Crippen LogP contribution in [0.4, 0.5) is 5.69 Å². The first kappa shape index (κ1) is 21.7. The second-order valence-corrected chi connectivity index (χ2v) is 9.86. The summed E-state index contributed by atoms with van der Waals surface area (Å²) in [5.74, 6) is 0.386. The van der Waals surface area contributed by atoms with Crippen LogP contribution in [0.25, 0.3) is 0 Å². The largest absolute Gasteiger partial charge is 0.350 e. The van der Waals surface area contributed by atoms with E-state index in [1.165, 1.54) is 29.1 Å².